The van der Waals surface area contributed by atoms with E-state index >= 15 is 0 Å². The lowest BCUT2D eigenvalue weighted by Crippen LogP contribution is -2.55. The zero-order chi connectivity index (χ0) is 16.4. The van der Waals surface area contributed by atoms with Crippen LogP contribution in [-0.4, -0.2) is 67.7 Å². The fourth-order valence-corrected chi connectivity index (χ4v) is 3.04. The van der Waals surface area contributed by atoms with Crippen molar-refractivity contribution in [2.24, 2.45) is 0 Å². The summed E-state index contributed by atoms with van der Waals surface area (Å²) in [5.41, 5.74) is 2.05. The van der Waals surface area contributed by atoms with Crippen molar-refractivity contribution < 1.29 is 19.1 Å². The summed E-state index contributed by atoms with van der Waals surface area (Å²) in [5, 5.41) is 0. The van der Waals surface area contributed by atoms with Crippen LogP contribution >= 0.6 is 0 Å². The summed E-state index contributed by atoms with van der Waals surface area (Å²) in [6, 6.07) is 7.49. The number of nitrogens with zero attached hydrogens (tertiary/aromatic N) is 2. The van der Waals surface area contributed by atoms with Gasteiger partial charge in [-0.2, -0.15) is 0 Å². The smallest absolute Gasteiger partial charge is 0.254 e. The summed E-state index contributed by atoms with van der Waals surface area (Å²) >= 11 is 0. The molecular formula is C17H22N2O4. The molecule has 0 N–H and O–H groups in total. The van der Waals surface area contributed by atoms with E-state index < -0.39 is 12.1 Å². The van der Waals surface area contributed by atoms with Crippen molar-refractivity contribution in [3.05, 3.63) is 35.4 Å². The van der Waals surface area contributed by atoms with Crippen molar-refractivity contribution in [2.75, 3.05) is 40.0 Å². The number of carbonyl (C=O) groups excluding carboxylic acids is 2. The van der Waals surface area contributed by atoms with Crippen molar-refractivity contribution in [3.63, 3.8) is 0 Å². The summed E-state index contributed by atoms with van der Waals surface area (Å²) in [6.45, 7) is 4.17. The van der Waals surface area contributed by atoms with E-state index in [1.807, 2.05) is 31.2 Å². The van der Waals surface area contributed by atoms with E-state index in [2.05, 4.69) is 0 Å². The first-order valence-electron chi connectivity index (χ1n) is 7.88. The number of hydrogen-bond donors (Lipinski definition) is 0. The SMILES string of the molecule is Cc1ccc([C@@H]2[C@H](C(=O)N3CCOCC3)OCC(=O)N2C)cc1. The average molecular weight is 318 g/mol. The summed E-state index contributed by atoms with van der Waals surface area (Å²) in [6.07, 6.45) is -0.668. The number of morpholine rings is 2. The van der Waals surface area contributed by atoms with Gasteiger partial charge < -0.3 is 19.3 Å². The van der Waals surface area contributed by atoms with E-state index in [0.29, 0.717) is 26.3 Å². The molecule has 23 heavy (non-hydrogen) atoms. The molecule has 0 aromatic heterocycles. The molecule has 124 valence electrons. The average Bonchev–Trinajstić information content (AvgIpc) is 2.58. The fourth-order valence-electron chi connectivity index (χ4n) is 3.04. The standard InChI is InChI=1S/C17H22N2O4/c1-12-3-5-13(6-4-12)15-16(23-11-14(20)18(15)2)17(21)19-7-9-22-10-8-19/h3-6,15-16H,7-11H2,1-2H3/t15-,16-/m1/s1. The highest BCUT2D eigenvalue weighted by atomic mass is 16.5. The van der Waals surface area contributed by atoms with Gasteiger partial charge in [-0.05, 0) is 12.5 Å². The zero-order valence-electron chi connectivity index (χ0n) is 13.5. The minimum absolute atomic E-state index is 0.0559. The largest absolute Gasteiger partial charge is 0.378 e. The Hall–Kier alpha value is -1.92. The van der Waals surface area contributed by atoms with E-state index in [9.17, 15) is 9.59 Å². The number of aryl methyl sites for hydroxylation is 1. The Morgan fingerprint density at radius 1 is 1.17 bits per heavy atom. The highest BCUT2D eigenvalue weighted by Crippen LogP contribution is 2.30. The second-order valence-electron chi connectivity index (χ2n) is 6.03. The summed E-state index contributed by atoms with van der Waals surface area (Å²) in [7, 11) is 1.73. The van der Waals surface area contributed by atoms with Crippen molar-refractivity contribution in [1.82, 2.24) is 9.80 Å². The van der Waals surface area contributed by atoms with Gasteiger partial charge in [0.25, 0.3) is 5.91 Å². The summed E-state index contributed by atoms with van der Waals surface area (Å²) in [4.78, 5) is 28.3. The van der Waals surface area contributed by atoms with E-state index in [1.54, 1.807) is 16.8 Å². The minimum atomic E-state index is -0.668. The Bertz CT molecular complexity index is 581. The van der Waals surface area contributed by atoms with Gasteiger partial charge in [0.2, 0.25) is 5.91 Å². The quantitative estimate of drug-likeness (QED) is 0.807. The molecule has 6 heteroatoms. The van der Waals surface area contributed by atoms with Crippen LogP contribution in [0.15, 0.2) is 24.3 Å². The number of likely N-dealkylation sites (N-methyl/N-ethyl adjacent to an activating group) is 1. The molecule has 0 unspecified atom stereocenters. The molecule has 6 nitrogen and oxygen atoms in total. The number of ether oxygens (including phenoxy) is 2. The Morgan fingerprint density at radius 3 is 2.48 bits per heavy atom. The minimum Gasteiger partial charge on any atom is -0.378 e. The van der Waals surface area contributed by atoms with Crippen molar-refractivity contribution >= 4 is 11.8 Å². The van der Waals surface area contributed by atoms with Gasteiger partial charge in [-0.25, -0.2) is 0 Å². The number of benzene rings is 1. The molecule has 0 spiro atoms. The molecule has 0 aliphatic carbocycles. The molecule has 1 aromatic carbocycles. The van der Waals surface area contributed by atoms with Gasteiger partial charge in [-0.15, -0.1) is 0 Å². The molecule has 0 bridgehead atoms. The number of hydrogen-bond acceptors (Lipinski definition) is 4. The molecule has 2 aliphatic heterocycles. The molecule has 2 heterocycles. The topological polar surface area (TPSA) is 59.1 Å². The molecule has 2 atom stereocenters. The van der Waals surface area contributed by atoms with E-state index in [4.69, 9.17) is 9.47 Å². The third kappa shape index (κ3) is 3.23. The van der Waals surface area contributed by atoms with Gasteiger partial charge in [-0.3, -0.25) is 9.59 Å². The third-order valence-electron chi connectivity index (χ3n) is 4.47. The van der Waals surface area contributed by atoms with Crippen LogP contribution in [0.5, 0.6) is 0 Å². The van der Waals surface area contributed by atoms with Crippen LogP contribution in [0.3, 0.4) is 0 Å². The second-order valence-corrected chi connectivity index (χ2v) is 6.03. The van der Waals surface area contributed by atoms with E-state index in [0.717, 1.165) is 11.1 Å². The lowest BCUT2D eigenvalue weighted by molar-refractivity contribution is -0.169. The Kier molecular flexibility index (Phi) is 4.63. The van der Waals surface area contributed by atoms with Crippen LogP contribution in [0.2, 0.25) is 0 Å². The molecule has 1 aromatic rings. The predicted octanol–water partition coefficient (Wildman–Crippen LogP) is 0.752. The highest BCUT2D eigenvalue weighted by Gasteiger charge is 2.41. The highest BCUT2D eigenvalue weighted by molar-refractivity contribution is 5.86. The first-order chi connectivity index (χ1) is 11.1. The van der Waals surface area contributed by atoms with E-state index in [-0.39, 0.29) is 18.4 Å². The van der Waals surface area contributed by atoms with Gasteiger partial charge >= 0.3 is 0 Å². The fraction of sp³-hybridized carbons (Fsp3) is 0.529. The monoisotopic (exact) mass is 318 g/mol. The van der Waals surface area contributed by atoms with Crippen LogP contribution in [-0.2, 0) is 19.1 Å². The molecule has 0 radical (unpaired) electrons. The third-order valence-corrected chi connectivity index (χ3v) is 4.47. The van der Waals surface area contributed by atoms with Gasteiger partial charge in [0, 0.05) is 20.1 Å². The molecule has 2 fully saturated rings. The van der Waals surface area contributed by atoms with Crippen molar-refractivity contribution in [1.29, 1.82) is 0 Å². The Balaban J connectivity index is 1.87. The van der Waals surface area contributed by atoms with Crippen LogP contribution in [0.1, 0.15) is 17.2 Å². The second kappa shape index (κ2) is 6.68. The first-order valence-corrected chi connectivity index (χ1v) is 7.88. The maximum absolute atomic E-state index is 12.9. The number of amides is 2. The molecule has 2 amide bonds. The summed E-state index contributed by atoms with van der Waals surface area (Å²) in [5.74, 6) is -0.181. The van der Waals surface area contributed by atoms with Gasteiger partial charge in [0.15, 0.2) is 6.10 Å². The molecule has 0 saturated carbocycles. The maximum atomic E-state index is 12.9. The number of rotatable bonds is 2. The van der Waals surface area contributed by atoms with Gasteiger partial charge in [0.05, 0.1) is 19.3 Å². The van der Waals surface area contributed by atoms with Crippen LogP contribution in [0, 0.1) is 6.92 Å². The zero-order valence-corrected chi connectivity index (χ0v) is 13.5. The molecule has 2 saturated heterocycles. The van der Waals surface area contributed by atoms with Crippen molar-refractivity contribution in [2.45, 2.75) is 19.1 Å². The van der Waals surface area contributed by atoms with Gasteiger partial charge in [0.1, 0.15) is 6.61 Å². The normalized spacial score (nSPS) is 25.6. The lowest BCUT2D eigenvalue weighted by atomic mass is 9.96. The predicted molar refractivity (Wildman–Crippen MR) is 83.8 cm³/mol. The van der Waals surface area contributed by atoms with Crippen molar-refractivity contribution in [3.8, 4) is 0 Å². The Morgan fingerprint density at radius 2 is 1.83 bits per heavy atom. The number of carbonyl (C=O) groups is 2. The van der Waals surface area contributed by atoms with Crippen LogP contribution < -0.4 is 0 Å². The van der Waals surface area contributed by atoms with Gasteiger partial charge in [-0.1, -0.05) is 29.8 Å². The first kappa shape index (κ1) is 16.0. The Labute approximate surface area is 136 Å². The summed E-state index contributed by atoms with van der Waals surface area (Å²) < 4.78 is 11.0. The molecule has 2 aliphatic rings. The lowest BCUT2D eigenvalue weighted by Gasteiger charge is -2.40. The van der Waals surface area contributed by atoms with E-state index in [1.165, 1.54) is 0 Å². The van der Waals surface area contributed by atoms with Crippen LogP contribution in [0.25, 0.3) is 0 Å². The molecular weight excluding hydrogens is 296 g/mol. The maximum Gasteiger partial charge on any atom is 0.254 e. The molecule has 3 rings (SSSR count). The van der Waals surface area contributed by atoms with Crippen LogP contribution in [0.4, 0.5) is 0 Å².